The van der Waals surface area contributed by atoms with Crippen LogP contribution in [0.2, 0.25) is 0 Å². The van der Waals surface area contributed by atoms with Gasteiger partial charge >= 0.3 is 0 Å². The zero-order valence-electron chi connectivity index (χ0n) is 11.8. The summed E-state index contributed by atoms with van der Waals surface area (Å²) in [5.41, 5.74) is 4.92. The molecule has 0 heterocycles. The van der Waals surface area contributed by atoms with E-state index in [9.17, 15) is 0 Å². The number of nitrogens with one attached hydrogen (secondary N) is 1. The molecule has 0 atom stereocenters. The fourth-order valence-electron chi connectivity index (χ4n) is 2.87. The standard InChI is InChI=1S/C18H21NO/c1-13-3-2-4-15(9-13)16-10-18(11-16)19-17-7-5-14(12-20)6-8-17/h2-9,16,18-20H,10-12H2,1H3. The Morgan fingerprint density at radius 1 is 1.10 bits per heavy atom. The number of aliphatic hydroxyl groups is 1. The lowest BCUT2D eigenvalue weighted by molar-refractivity contribution is 0.282. The lowest BCUT2D eigenvalue weighted by atomic mass is 9.75. The average molecular weight is 267 g/mol. The summed E-state index contributed by atoms with van der Waals surface area (Å²) in [6.07, 6.45) is 2.40. The number of hydrogen-bond donors (Lipinski definition) is 2. The van der Waals surface area contributed by atoms with Crippen molar-refractivity contribution in [3.8, 4) is 0 Å². The largest absolute Gasteiger partial charge is 0.392 e. The van der Waals surface area contributed by atoms with Gasteiger partial charge in [0.1, 0.15) is 0 Å². The van der Waals surface area contributed by atoms with E-state index in [-0.39, 0.29) is 6.61 Å². The molecular formula is C18H21NO. The summed E-state index contributed by atoms with van der Waals surface area (Å²) in [5, 5.41) is 12.6. The Hall–Kier alpha value is -1.80. The first-order valence-corrected chi connectivity index (χ1v) is 7.27. The van der Waals surface area contributed by atoms with Crippen LogP contribution in [-0.2, 0) is 6.61 Å². The third-order valence-corrected chi connectivity index (χ3v) is 4.16. The van der Waals surface area contributed by atoms with Gasteiger partial charge in [0, 0.05) is 11.7 Å². The van der Waals surface area contributed by atoms with E-state index in [1.807, 2.05) is 24.3 Å². The van der Waals surface area contributed by atoms with E-state index < -0.39 is 0 Å². The zero-order chi connectivity index (χ0) is 13.9. The monoisotopic (exact) mass is 267 g/mol. The lowest BCUT2D eigenvalue weighted by Gasteiger charge is -2.37. The topological polar surface area (TPSA) is 32.3 Å². The molecule has 2 nitrogen and oxygen atoms in total. The number of anilines is 1. The molecule has 0 unspecified atom stereocenters. The maximum absolute atomic E-state index is 9.03. The predicted molar refractivity (Wildman–Crippen MR) is 82.9 cm³/mol. The molecule has 0 spiro atoms. The molecule has 0 saturated heterocycles. The molecule has 104 valence electrons. The molecule has 1 aliphatic carbocycles. The number of benzene rings is 2. The number of aryl methyl sites for hydroxylation is 1. The molecule has 20 heavy (non-hydrogen) atoms. The highest BCUT2D eigenvalue weighted by atomic mass is 16.3. The molecule has 0 radical (unpaired) electrons. The highest BCUT2D eigenvalue weighted by molar-refractivity contribution is 5.46. The van der Waals surface area contributed by atoms with Gasteiger partial charge in [0.2, 0.25) is 0 Å². The minimum absolute atomic E-state index is 0.110. The van der Waals surface area contributed by atoms with Crippen LogP contribution in [0, 0.1) is 6.92 Å². The first-order valence-electron chi connectivity index (χ1n) is 7.27. The Balaban J connectivity index is 1.55. The van der Waals surface area contributed by atoms with Crippen LogP contribution in [-0.4, -0.2) is 11.1 Å². The highest BCUT2D eigenvalue weighted by Gasteiger charge is 2.30. The summed E-state index contributed by atoms with van der Waals surface area (Å²) in [7, 11) is 0. The lowest BCUT2D eigenvalue weighted by Crippen LogP contribution is -2.34. The summed E-state index contributed by atoms with van der Waals surface area (Å²) in [6.45, 7) is 2.26. The van der Waals surface area contributed by atoms with Gasteiger partial charge < -0.3 is 10.4 Å². The fraction of sp³-hybridized carbons (Fsp3) is 0.333. The molecule has 2 N–H and O–H groups in total. The first-order chi connectivity index (χ1) is 9.74. The first kappa shape index (κ1) is 13.2. The predicted octanol–water partition coefficient (Wildman–Crippen LogP) is 3.85. The third-order valence-electron chi connectivity index (χ3n) is 4.16. The molecular weight excluding hydrogens is 246 g/mol. The Labute approximate surface area is 120 Å². The van der Waals surface area contributed by atoms with Crippen LogP contribution in [0.1, 0.15) is 35.4 Å². The Morgan fingerprint density at radius 3 is 2.50 bits per heavy atom. The van der Waals surface area contributed by atoms with Gasteiger partial charge in [-0.1, -0.05) is 42.0 Å². The van der Waals surface area contributed by atoms with E-state index in [2.05, 4.69) is 36.5 Å². The molecule has 2 heteroatoms. The number of aliphatic hydroxyl groups excluding tert-OH is 1. The molecule has 1 fully saturated rings. The second-order valence-corrected chi connectivity index (χ2v) is 5.78. The van der Waals surface area contributed by atoms with Crippen molar-refractivity contribution in [3.05, 3.63) is 65.2 Å². The van der Waals surface area contributed by atoms with Crippen molar-refractivity contribution in [2.45, 2.75) is 38.3 Å². The Bertz CT molecular complexity index is 570. The van der Waals surface area contributed by atoms with Gasteiger partial charge in [0.05, 0.1) is 6.61 Å². The SMILES string of the molecule is Cc1cccc(C2CC(Nc3ccc(CO)cc3)C2)c1. The van der Waals surface area contributed by atoms with Crippen LogP contribution in [0.5, 0.6) is 0 Å². The molecule has 2 aromatic carbocycles. The van der Waals surface area contributed by atoms with Gasteiger partial charge in [0.25, 0.3) is 0 Å². The van der Waals surface area contributed by atoms with E-state index in [1.165, 1.54) is 24.0 Å². The molecule has 0 amide bonds. The van der Waals surface area contributed by atoms with Gasteiger partial charge in [-0.25, -0.2) is 0 Å². The smallest absolute Gasteiger partial charge is 0.0681 e. The van der Waals surface area contributed by atoms with Crippen LogP contribution in [0.4, 0.5) is 5.69 Å². The van der Waals surface area contributed by atoms with Crippen LogP contribution in [0.15, 0.2) is 48.5 Å². The second kappa shape index (κ2) is 5.68. The average Bonchev–Trinajstić information content (AvgIpc) is 2.43. The second-order valence-electron chi connectivity index (χ2n) is 5.78. The number of rotatable bonds is 4. The normalized spacial score (nSPS) is 21.3. The molecule has 0 bridgehead atoms. The Kier molecular flexibility index (Phi) is 3.75. The van der Waals surface area contributed by atoms with Gasteiger partial charge in [-0.15, -0.1) is 0 Å². The van der Waals surface area contributed by atoms with Crippen molar-refractivity contribution >= 4 is 5.69 Å². The van der Waals surface area contributed by atoms with Crippen molar-refractivity contribution in [3.63, 3.8) is 0 Å². The fourth-order valence-corrected chi connectivity index (χ4v) is 2.87. The molecule has 0 aliphatic heterocycles. The van der Waals surface area contributed by atoms with Crippen LogP contribution in [0.25, 0.3) is 0 Å². The quantitative estimate of drug-likeness (QED) is 0.882. The maximum Gasteiger partial charge on any atom is 0.0681 e. The molecule has 3 rings (SSSR count). The summed E-state index contributed by atoms with van der Waals surface area (Å²) < 4.78 is 0. The van der Waals surface area contributed by atoms with Gasteiger partial charge in [-0.2, -0.15) is 0 Å². The van der Waals surface area contributed by atoms with Crippen LogP contribution < -0.4 is 5.32 Å². The molecule has 1 saturated carbocycles. The Morgan fingerprint density at radius 2 is 1.85 bits per heavy atom. The van der Waals surface area contributed by atoms with Gasteiger partial charge in [-0.3, -0.25) is 0 Å². The van der Waals surface area contributed by atoms with E-state index in [0.29, 0.717) is 12.0 Å². The van der Waals surface area contributed by atoms with E-state index in [4.69, 9.17) is 5.11 Å². The minimum atomic E-state index is 0.110. The van der Waals surface area contributed by atoms with Crippen molar-refractivity contribution in [2.24, 2.45) is 0 Å². The highest BCUT2D eigenvalue weighted by Crippen LogP contribution is 2.38. The third kappa shape index (κ3) is 2.86. The molecule has 2 aromatic rings. The number of hydrogen-bond acceptors (Lipinski definition) is 2. The minimum Gasteiger partial charge on any atom is -0.392 e. The van der Waals surface area contributed by atoms with Crippen LogP contribution in [0.3, 0.4) is 0 Å². The van der Waals surface area contributed by atoms with E-state index in [1.54, 1.807) is 0 Å². The summed E-state index contributed by atoms with van der Waals surface area (Å²) in [4.78, 5) is 0. The van der Waals surface area contributed by atoms with Crippen LogP contribution >= 0.6 is 0 Å². The maximum atomic E-state index is 9.03. The van der Waals surface area contributed by atoms with E-state index in [0.717, 1.165) is 11.3 Å². The zero-order valence-corrected chi connectivity index (χ0v) is 11.8. The molecule has 1 aliphatic rings. The van der Waals surface area contributed by atoms with Crippen molar-refractivity contribution < 1.29 is 5.11 Å². The van der Waals surface area contributed by atoms with Gasteiger partial charge in [-0.05, 0) is 48.9 Å². The summed E-state index contributed by atoms with van der Waals surface area (Å²) in [5.74, 6) is 0.698. The molecule has 0 aromatic heterocycles. The van der Waals surface area contributed by atoms with Crippen molar-refractivity contribution in [2.75, 3.05) is 5.32 Å². The summed E-state index contributed by atoms with van der Waals surface area (Å²) in [6, 6.07) is 17.5. The van der Waals surface area contributed by atoms with E-state index >= 15 is 0 Å². The van der Waals surface area contributed by atoms with Crippen molar-refractivity contribution in [1.82, 2.24) is 0 Å². The summed E-state index contributed by atoms with van der Waals surface area (Å²) >= 11 is 0. The van der Waals surface area contributed by atoms with Gasteiger partial charge in [0.15, 0.2) is 0 Å². The van der Waals surface area contributed by atoms with Crippen molar-refractivity contribution in [1.29, 1.82) is 0 Å².